The Labute approximate surface area is 212 Å². The molecule has 0 bridgehead atoms. The van der Waals surface area contributed by atoms with Crippen LogP contribution in [0.1, 0.15) is 50.8 Å². The van der Waals surface area contributed by atoms with Crippen LogP contribution < -0.4 is 0 Å². The van der Waals surface area contributed by atoms with Gasteiger partial charge >= 0.3 is 0 Å². The molecule has 6 heteroatoms. The Morgan fingerprint density at radius 2 is 1.63 bits per heavy atom. The van der Waals surface area contributed by atoms with Gasteiger partial charge in [0.25, 0.3) is 5.91 Å². The van der Waals surface area contributed by atoms with Crippen molar-refractivity contribution in [1.29, 1.82) is 0 Å². The summed E-state index contributed by atoms with van der Waals surface area (Å²) in [6.45, 7) is 6.30. The fraction of sp³-hybridized carbons (Fsp3) is 0.379. The normalized spacial score (nSPS) is 18.7. The van der Waals surface area contributed by atoms with Crippen LogP contribution in [0.2, 0.25) is 0 Å². The number of hydrogen-bond donors (Lipinski definition) is 0. The lowest BCUT2D eigenvalue weighted by atomic mass is 9.93. The van der Waals surface area contributed by atoms with Gasteiger partial charge in [0.2, 0.25) is 5.91 Å². The molecule has 3 aromatic rings. The average molecular weight is 488 g/mol. The van der Waals surface area contributed by atoms with Crippen LogP contribution in [-0.4, -0.2) is 65.8 Å². The molecule has 1 fully saturated rings. The monoisotopic (exact) mass is 487 g/mol. The van der Waals surface area contributed by atoms with Crippen LogP contribution in [0.15, 0.2) is 66.0 Å². The molecule has 0 spiro atoms. The highest BCUT2D eigenvalue weighted by Gasteiger charge is 2.30. The first kappa shape index (κ1) is 23.8. The summed E-state index contributed by atoms with van der Waals surface area (Å²) in [5, 5.41) is 2.19. The molecule has 5 nitrogen and oxygen atoms in total. The van der Waals surface area contributed by atoms with Gasteiger partial charge in [0.15, 0.2) is 0 Å². The fourth-order valence-electron chi connectivity index (χ4n) is 5.39. The van der Waals surface area contributed by atoms with Gasteiger partial charge in [-0.15, -0.1) is 11.3 Å². The first-order chi connectivity index (χ1) is 17.1. The first-order valence-corrected chi connectivity index (χ1v) is 13.5. The zero-order valence-electron chi connectivity index (χ0n) is 20.4. The van der Waals surface area contributed by atoms with E-state index in [9.17, 15) is 9.59 Å². The maximum Gasteiger partial charge on any atom is 0.254 e. The van der Waals surface area contributed by atoms with Gasteiger partial charge in [0.05, 0.1) is 6.04 Å². The van der Waals surface area contributed by atoms with E-state index in [2.05, 4.69) is 46.7 Å². The molecule has 2 amide bonds. The maximum atomic E-state index is 13.2. The summed E-state index contributed by atoms with van der Waals surface area (Å²) in [5.74, 6) is 0.265. The second-order valence-corrected chi connectivity index (χ2v) is 10.5. The zero-order valence-corrected chi connectivity index (χ0v) is 21.2. The minimum atomic E-state index is 0.0722. The standard InChI is InChI=1S/C29H33N3O2S/c1-22-8-5-6-11-24(22)29(34)32-16-7-15-30(19-20-32)27(33)13-18-31-17-12-26-25(14-21-35-26)28(31)23-9-3-2-4-10-23/h2-6,8-11,14,21,28H,7,12-13,15-20H2,1H3. The number of rotatable bonds is 5. The molecule has 1 saturated heterocycles. The van der Waals surface area contributed by atoms with Crippen LogP contribution in [0.25, 0.3) is 0 Å². The Hall–Kier alpha value is -2.96. The van der Waals surface area contributed by atoms with Crippen LogP contribution in [0.5, 0.6) is 0 Å². The van der Waals surface area contributed by atoms with Crippen molar-refractivity contribution in [3.63, 3.8) is 0 Å². The van der Waals surface area contributed by atoms with Gasteiger partial charge in [-0.25, -0.2) is 0 Å². The van der Waals surface area contributed by atoms with E-state index < -0.39 is 0 Å². The molecule has 182 valence electrons. The van der Waals surface area contributed by atoms with Gasteiger partial charge in [0.1, 0.15) is 0 Å². The van der Waals surface area contributed by atoms with E-state index in [4.69, 9.17) is 0 Å². The maximum absolute atomic E-state index is 13.2. The van der Waals surface area contributed by atoms with E-state index in [1.54, 1.807) is 0 Å². The highest BCUT2D eigenvalue weighted by Crippen LogP contribution is 2.37. The lowest BCUT2D eigenvalue weighted by Crippen LogP contribution is -2.40. The molecule has 5 rings (SSSR count). The quantitative estimate of drug-likeness (QED) is 0.521. The van der Waals surface area contributed by atoms with E-state index in [-0.39, 0.29) is 17.9 Å². The van der Waals surface area contributed by atoms with E-state index in [0.717, 1.165) is 37.1 Å². The van der Waals surface area contributed by atoms with Crippen LogP contribution in [0.4, 0.5) is 0 Å². The number of aryl methyl sites for hydroxylation is 1. The number of nitrogens with zero attached hydrogens (tertiary/aromatic N) is 3. The number of carbonyl (C=O) groups excluding carboxylic acids is 2. The molecule has 0 radical (unpaired) electrons. The third kappa shape index (κ3) is 5.19. The van der Waals surface area contributed by atoms with Crippen LogP contribution in [-0.2, 0) is 11.2 Å². The topological polar surface area (TPSA) is 43.9 Å². The van der Waals surface area contributed by atoms with Crippen molar-refractivity contribution in [2.75, 3.05) is 39.3 Å². The lowest BCUT2D eigenvalue weighted by molar-refractivity contribution is -0.131. The second-order valence-electron chi connectivity index (χ2n) is 9.49. The van der Waals surface area contributed by atoms with Crippen LogP contribution >= 0.6 is 11.3 Å². The van der Waals surface area contributed by atoms with Gasteiger partial charge in [-0.05, 0) is 54.0 Å². The number of benzene rings is 2. The van der Waals surface area contributed by atoms with Crippen LogP contribution in [0, 0.1) is 6.92 Å². The third-order valence-electron chi connectivity index (χ3n) is 7.31. The van der Waals surface area contributed by atoms with Gasteiger partial charge in [-0.3, -0.25) is 14.5 Å². The Kier molecular flexibility index (Phi) is 7.30. The summed E-state index contributed by atoms with van der Waals surface area (Å²) in [5.41, 5.74) is 4.44. The summed E-state index contributed by atoms with van der Waals surface area (Å²) in [4.78, 5) is 34.1. The molecule has 35 heavy (non-hydrogen) atoms. The van der Waals surface area contributed by atoms with Gasteiger partial charge < -0.3 is 9.80 Å². The molecular formula is C29H33N3O2S. The summed E-state index contributed by atoms with van der Waals surface area (Å²) in [6, 6.07) is 20.8. The van der Waals surface area contributed by atoms with E-state index >= 15 is 0 Å². The molecular weight excluding hydrogens is 454 g/mol. The van der Waals surface area contributed by atoms with Crippen LogP contribution in [0.3, 0.4) is 0 Å². The van der Waals surface area contributed by atoms with Gasteiger partial charge in [0, 0.05) is 56.1 Å². The summed E-state index contributed by atoms with van der Waals surface area (Å²) < 4.78 is 0. The molecule has 0 aliphatic carbocycles. The molecule has 3 heterocycles. The Morgan fingerprint density at radius 1 is 0.886 bits per heavy atom. The number of thiophene rings is 1. The minimum absolute atomic E-state index is 0.0722. The Balaban J connectivity index is 1.21. The summed E-state index contributed by atoms with van der Waals surface area (Å²) in [7, 11) is 0. The molecule has 1 aromatic heterocycles. The van der Waals surface area contributed by atoms with Crippen molar-refractivity contribution in [1.82, 2.24) is 14.7 Å². The van der Waals surface area contributed by atoms with E-state index in [1.165, 1.54) is 16.0 Å². The molecule has 0 saturated carbocycles. The smallest absolute Gasteiger partial charge is 0.254 e. The highest BCUT2D eigenvalue weighted by molar-refractivity contribution is 7.10. The fourth-order valence-corrected chi connectivity index (χ4v) is 6.29. The van der Waals surface area contributed by atoms with Crippen molar-refractivity contribution >= 4 is 23.2 Å². The third-order valence-corrected chi connectivity index (χ3v) is 8.30. The second kappa shape index (κ2) is 10.8. The molecule has 0 N–H and O–H groups in total. The first-order valence-electron chi connectivity index (χ1n) is 12.6. The molecule has 2 aliphatic rings. The SMILES string of the molecule is Cc1ccccc1C(=O)N1CCCN(C(=O)CCN2CCc3sccc3C2c2ccccc2)CC1. The zero-order chi connectivity index (χ0) is 24.2. The predicted molar refractivity (Wildman–Crippen MR) is 141 cm³/mol. The van der Waals surface area contributed by atoms with E-state index in [0.29, 0.717) is 32.6 Å². The average Bonchev–Trinajstić information content (AvgIpc) is 3.23. The number of carbonyl (C=O) groups is 2. The van der Waals surface area contributed by atoms with Crippen molar-refractivity contribution in [2.24, 2.45) is 0 Å². The summed E-state index contributed by atoms with van der Waals surface area (Å²) in [6.07, 6.45) is 2.37. The number of fused-ring (bicyclic) bond motifs is 1. The molecule has 2 aliphatic heterocycles. The largest absolute Gasteiger partial charge is 0.341 e. The Bertz CT molecular complexity index is 1180. The highest BCUT2D eigenvalue weighted by atomic mass is 32.1. The number of hydrogen-bond acceptors (Lipinski definition) is 4. The lowest BCUT2D eigenvalue weighted by Gasteiger charge is -2.36. The molecule has 1 unspecified atom stereocenters. The van der Waals surface area contributed by atoms with Crippen molar-refractivity contribution in [2.45, 2.75) is 32.2 Å². The summed E-state index contributed by atoms with van der Waals surface area (Å²) >= 11 is 1.84. The van der Waals surface area contributed by atoms with E-state index in [1.807, 2.05) is 52.3 Å². The van der Waals surface area contributed by atoms with Gasteiger partial charge in [-0.1, -0.05) is 48.5 Å². The van der Waals surface area contributed by atoms with Crippen molar-refractivity contribution < 1.29 is 9.59 Å². The molecule has 1 atom stereocenters. The molecule has 2 aromatic carbocycles. The van der Waals surface area contributed by atoms with Crippen molar-refractivity contribution in [3.8, 4) is 0 Å². The van der Waals surface area contributed by atoms with Crippen molar-refractivity contribution in [3.05, 3.63) is 93.2 Å². The van der Waals surface area contributed by atoms with Gasteiger partial charge in [-0.2, -0.15) is 0 Å². The minimum Gasteiger partial charge on any atom is -0.341 e. The number of amides is 2. The Morgan fingerprint density at radius 3 is 2.46 bits per heavy atom. The predicted octanol–water partition coefficient (Wildman–Crippen LogP) is 4.77.